The van der Waals surface area contributed by atoms with E-state index in [1.807, 2.05) is 30.4 Å². The molecular formula is C23H22FN5O2. The minimum absolute atomic E-state index is 0.275. The molecule has 1 aliphatic rings. The standard InChI is InChI=1S/C23H22FN5O2/c1-3-21(30)18-4-12(2)16(9-26-18)19-5-13-8-27-22(28-23(31)15-6-17(15)24)7-14(13)20-10-25-11-29(19)20/h4-5,7-11,15,17,21,30H,3,6H2,1-2H3,(H,27,28,31)/t15-,17+,21?/m0/s1. The second-order valence-corrected chi connectivity index (χ2v) is 8.03. The third-order valence-electron chi connectivity index (χ3n) is 5.84. The predicted molar refractivity (Wildman–Crippen MR) is 115 cm³/mol. The van der Waals surface area contributed by atoms with Crippen LogP contribution in [-0.2, 0) is 4.79 Å². The van der Waals surface area contributed by atoms with Gasteiger partial charge >= 0.3 is 0 Å². The fraction of sp³-hybridized carbons (Fsp3) is 0.304. The van der Waals surface area contributed by atoms with E-state index in [2.05, 4.69) is 20.3 Å². The van der Waals surface area contributed by atoms with Gasteiger partial charge < -0.3 is 10.4 Å². The Morgan fingerprint density at radius 1 is 1.29 bits per heavy atom. The number of nitrogens with zero attached hydrogens (tertiary/aromatic N) is 4. The van der Waals surface area contributed by atoms with Crippen LogP contribution in [0.5, 0.6) is 0 Å². The summed E-state index contributed by atoms with van der Waals surface area (Å²) in [6.45, 7) is 3.90. The van der Waals surface area contributed by atoms with Gasteiger partial charge in [-0.25, -0.2) is 14.4 Å². The first-order chi connectivity index (χ1) is 15.0. The fourth-order valence-corrected chi connectivity index (χ4v) is 3.87. The van der Waals surface area contributed by atoms with Crippen LogP contribution in [0.15, 0.2) is 43.1 Å². The number of carbonyl (C=O) groups excluding carboxylic acids is 1. The zero-order valence-corrected chi connectivity index (χ0v) is 17.2. The van der Waals surface area contributed by atoms with Crippen LogP contribution in [0, 0.1) is 12.8 Å². The van der Waals surface area contributed by atoms with Gasteiger partial charge in [-0.2, -0.15) is 0 Å². The highest BCUT2D eigenvalue weighted by Gasteiger charge is 2.43. The van der Waals surface area contributed by atoms with Gasteiger partial charge in [-0.05, 0) is 43.5 Å². The number of aromatic nitrogens is 4. The Morgan fingerprint density at radius 3 is 2.81 bits per heavy atom. The average Bonchev–Trinajstić information content (AvgIpc) is 3.30. The van der Waals surface area contributed by atoms with Gasteiger partial charge in [0.15, 0.2) is 0 Å². The van der Waals surface area contributed by atoms with Crippen molar-refractivity contribution >= 4 is 28.0 Å². The number of amides is 1. The van der Waals surface area contributed by atoms with E-state index in [0.29, 0.717) is 17.9 Å². The molecule has 158 valence electrons. The number of imidazole rings is 1. The summed E-state index contributed by atoms with van der Waals surface area (Å²) in [5.41, 5.74) is 4.34. The highest BCUT2D eigenvalue weighted by atomic mass is 19.1. The molecule has 1 unspecified atom stereocenters. The molecule has 1 aliphatic carbocycles. The van der Waals surface area contributed by atoms with Gasteiger partial charge in [0.05, 0.1) is 41.5 Å². The van der Waals surface area contributed by atoms with Crippen LogP contribution in [0.3, 0.4) is 0 Å². The Labute approximate surface area is 178 Å². The molecule has 4 aromatic rings. The highest BCUT2D eigenvalue weighted by molar-refractivity contribution is 6.01. The van der Waals surface area contributed by atoms with E-state index >= 15 is 0 Å². The lowest BCUT2D eigenvalue weighted by Gasteiger charge is -2.14. The molecular weight excluding hydrogens is 397 g/mol. The normalized spacial score (nSPS) is 19.0. The molecule has 0 saturated heterocycles. The van der Waals surface area contributed by atoms with Gasteiger partial charge in [0, 0.05) is 28.7 Å². The number of aliphatic hydroxyl groups is 1. The van der Waals surface area contributed by atoms with Gasteiger partial charge in [0.25, 0.3) is 0 Å². The first-order valence-electron chi connectivity index (χ1n) is 10.3. The zero-order valence-electron chi connectivity index (χ0n) is 17.2. The fourth-order valence-electron chi connectivity index (χ4n) is 3.87. The Hall–Kier alpha value is -3.39. The number of carbonyl (C=O) groups is 1. The number of halogens is 1. The van der Waals surface area contributed by atoms with Crippen molar-refractivity contribution in [2.45, 2.75) is 39.0 Å². The Morgan fingerprint density at radius 2 is 2.10 bits per heavy atom. The smallest absolute Gasteiger partial charge is 0.231 e. The maximum absolute atomic E-state index is 13.2. The summed E-state index contributed by atoms with van der Waals surface area (Å²) in [6, 6.07) is 5.69. The van der Waals surface area contributed by atoms with E-state index in [1.54, 1.807) is 31.0 Å². The lowest BCUT2D eigenvalue weighted by Crippen LogP contribution is -2.15. The van der Waals surface area contributed by atoms with E-state index in [-0.39, 0.29) is 12.3 Å². The van der Waals surface area contributed by atoms with Gasteiger partial charge in [-0.15, -0.1) is 0 Å². The van der Waals surface area contributed by atoms with E-state index in [1.165, 1.54) is 0 Å². The minimum Gasteiger partial charge on any atom is -0.387 e. The van der Waals surface area contributed by atoms with Crippen LogP contribution in [0.4, 0.5) is 10.2 Å². The lowest BCUT2D eigenvalue weighted by atomic mass is 10.0. The first-order valence-corrected chi connectivity index (χ1v) is 10.3. The summed E-state index contributed by atoms with van der Waals surface area (Å²) in [5, 5.41) is 14.6. The maximum Gasteiger partial charge on any atom is 0.231 e. The van der Waals surface area contributed by atoms with Gasteiger partial charge in [-0.3, -0.25) is 14.2 Å². The number of anilines is 1. The largest absolute Gasteiger partial charge is 0.387 e. The number of fused-ring (bicyclic) bond motifs is 3. The van der Waals surface area contributed by atoms with Crippen molar-refractivity contribution < 1.29 is 14.3 Å². The minimum atomic E-state index is -1.05. The molecule has 0 aliphatic heterocycles. The summed E-state index contributed by atoms with van der Waals surface area (Å²) in [7, 11) is 0. The molecule has 0 bridgehead atoms. The molecule has 5 rings (SSSR count). The quantitative estimate of drug-likeness (QED) is 0.510. The van der Waals surface area contributed by atoms with Crippen molar-refractivity contribution in [3.63, 3.8) is 0 Å². The first kappa shape index (κ1) is 19.6. The number of alkyl halides is 1. The van der Waals surface area contributed by atoms with Crippen molar-refractivity contribution in [3.05, 3.63) is 54.4 Å². The molecule has 0 radical (unpaired) electrons. The summed E-state index contributed by atoms with van der Waals surface area (Å²) < 4.78 is 15.1. The van der Waals surface area contributed by atoms with Gasteiger partial charge in [0.1, 0.15) is 12.0 Å². The predicted octanol–water partition coefficient (Wildman–Crippen LogP) is 3.99. The average molecular weight is 419 g/mol. The molecule has 4 aromatic heterocycles. The summed E-state index contributed by atoms with van der Waals surface area (Å²) in [6.07, 6.45) is 6.20. The molecule has 1 amide bonds. The summed E-state index contributed by atoms with van der Waals surface area (Å²) >= 11 is 0. The molecule has 31 heavy (non-hydrogen) atoms. The molecule has 7 nitrogen and oxygen atoms in total. The molecule has 4 heterocycles. The third kappa shape index (κ3) is 3.42. The van der Waals surface area contributed by atoms with E-state index in [0.717, 1.165) is 33.1 Å². The van der Waals surface area contributed by atoms with Crippen molar-refractivity contribution in [2.24, 2.45) is 5.92 Å². The summed E-state index contributed by atoms with van der Waals surface area (Å²) in [4.78, 5) is 25.2. The van der Waals surface area contributed by atoms with Crippen molar-refractivity contribution in [2.75, 3.05) is 5.32 Å². The zero-order chi connectivity index (χ0) is 21.7. The topological polar surface area (TPSA) is 92.4 Å². The number of hydrogen-bond donors (Lipinski definition) is 2. The SMILES string of the molecule is CCC(O)c1cc(C)c(-c2cc3cnc(NC(=O)[C@H]4C[C@H]4F)cc3c3cncn23)cn1. The number of nitrogens with one attached hydrogen (secondary N) is 1. The van der Waals surface area contributed by atoms with E-state index in [4.69, 9.17) is 0 Å². The van der Waals surface area contributed by atoms with Crippen molar-refractivity contribution in [3.8, 4) is 11.3 Å². The van der Waals surface area contributed by atoms with Gasteiger partial charge in [-0.1, -0.05) is 6.92 Å². The van der Waals surface area contributed by atoms with Gasteiger partial charge in [0.2, 0.25) is 5.91 Å². The van der Waals surface area contributed by atoms with Crippen LogP contribution in [0.25, 0.3) is 27.5 Å². The lowest BCUT2D eigenvalue weighted by molar-refractivity contribution is -0.117. The second-order valence-electron chi connectivity index (χ2n) is 8.03. The molecule has 3 atom stereocenters. The molecule has 8 heteroatoms. The molecule has 1 saturated carbocycles. The third-order valence-corrected chi connectivity index (χ3v) is 5.84. The highest BCUT2D eigenvalue weighted by Crippen LogP contribution is 2.35. The monoisotopic (exact) mass is 419 g/mol. The molecule has 2 N–H and O–H groups in total. The van der Waals surface area contributed by atoms with Crippen LogP contribution in [0.1, 0.15) is 37.1 Å². The Bertz CT molecular complexity index is 1320. The van der Waals surface area contributed by atoms with Crippen LogP contribution in [0.2, 0.25) is 0 Å². The van der Waals surface area contributed by atoms with Crippen LogP contribution < -0.4 is 5.32 Å². The number of aryl methyl sites for hydroxylation is 1. The van der Waals surface area contributed by atoms with Crippen molar-refractivity contribution in [1.29, 1.82) is 0 Å². The maximum atomic E-state index is 13.2. The van der Waals surface area contributed by atoms with Crippen LogP contribution in [-0.4, -0.2) is 36.5 Å². The molecule has 0 spiro atoms. The summed E-state index contributed by atoms with van der Waals surface area (Å²) in [5.74, 6) is -0.515. The van der Waals surface area contributed by atoms with E-state index in [9.17, 15) is 14.3 Å². The van der Waals surface area contributed by atoms with Crippen molar-refractivity contribution in [1.82, 2.24) is 19.4 Å². The molecule has 1 fully saturated rings. The number of aliphatic hydroxyl groups excluding tert-OH is 1. The number of rotatable bonds is 5. The Kier molecular flexibility index (Phi) is 4.66. The molecule has 0 aromatic carbocycles. The number of pyridine rings is 3. The second kappa shape index (κ2) is 7.39. The Balaban J connectivity index is 1.58. The van der Waals surface area contributed by atoms with Crippen LogP contribution >= 0.6 is 0 Å². The van der Waals surface area contributed by atoms with E-state index < -0.39 is 18.2 Å². The number of hydrogen-bond acceptors (Lipinski definition) is 5.